The Balaban J connectivity index is 1.60. The molecule has 0 radical (unpaired) electrons. The summed E-state index contributed by atoms with van der Waals surface area (Å²) in [4.78, 5) is 0.275. The molecule has 27 heavy (non-hydrogen) atoms. The molecule has 2 aromatic carbocycles. The van der Waals surface area contributed by atoms with E-state index in [2.05, 4.69) is 20.0 Å². The lowest BCUT2D eigenvalue weighted by molar-refractivity contribution is 0.600. The van der Waals surface area contributed by atoms with Gasteiger partial charge in [0.25, 0.3) is 10.0 Å². The predicted molar refractivity (Wildman–Crippen MR) is 103 cm³/mol. The van der Waals surface area contributed by atoms with E-state index in [1.54, 1.807) is 35.7 Å². The number of fused-ring (bicyclic) bond motifs is 1. The highest BCUT2D eigenvalue weighted by Gasteiger charge is 2.17. The summed E-state index contributed by atoms with van der Waals surface area (Å²) in [5.41, 5.74) is 4.49. The van der Waals surface area contributed by atoms with Crippen LogP contribution in [-0.2, 0) is 10.0 Å². The summed E-state index contributed by atoms with van der Waals surface area (Å²) in [6, 6.07) is 16.0. The van der Waals surface area contributed by atoms with Crippen LogP contribution in [0, 0.1) is 13.8 Å². The molecule has 0 bridgehead atoms. The Morgan fingerprint density at radius 3 is 2.48 bits per heavy atom. The minimum Gasteiger partial charge on any atom is -0.280 e. The third-order valence-electron chi connectivity index (χ3n) is 4.21. The van der Waals surface area contributed by atoms with Gasteiger partial charge >= 0.3 is 0 Å². The molecule has 0 aliphatic rings. The first-order chi connectivity index (χ1) is 12.9. The fourth-order valence-electron chi connectivity index (χ4n) is 2.90. The molecule has 7 nitrogen and oxygen atoms in total. The van der Waals surface area contributed by atoms with Crippen LogP contribution in [0.3, 0.4) is 0 Å². The number of aromatic nitrogens is 4. The van der Waals surface area contributed by atoms with Crippen molar-refractivity contribution in [2.75, 3.05) is 4.72 Å². The van der Waals surface area contributed by atoms with Crippen molar-refractivity contribution >= 4 is 21.4 Å². The molecule has 8 heteroatoms. The second kappa shape index (κ2) is 6.48. The van der Waals surface area contributed by atoms with Crippen molar-refractivity contribution in [3.05, 3.63) is 72.1 Å². The van der Waals surface area contributed by atoms with Crippen molar-refractivity contribution in [1.29, 1.82) is 0 Å². The van der Waals surface area contributed by atoms with Crippen LogP contribution in [0.2, 0.25) is 0 Å². The average Bonchev–Trinajstić information content (AvgIpc) is 3.09. The second-order valence-corrected chi connectivity index (χ2v) is 7.95. The van der Waals surface area contributed by atoms with Gasteiger partial charge in [-0.1, -0.05) is 29.8 Å². The van der Waals surface area contributed by atoms with Gasteiger partial charge in [0.2, 0.25) is 0 Å². The topological polar surface area (TPSA) is 89.2 Å². The molecule has 0 aliphatic carbocycles. The van der Waals surface area contributed by atoms with E-state index in [9.17, 15) is 8.42 Å². The van der Waals surface area contributed by atoms with Gasteiger partial charge < -0.3 is 0 Å². The maximum absolute atomic E-state index is 12.7. The second-order valence-electron chi connectivity index (χ2n) is 6.30. The summed E-state index contributed by atoms with van der Waals surface area (Å²) in [7, 11) is -3.65. The number of sulfonamides is 1. The first kappa shape index (κ1) is 17.2. The first-order valence-corrected chi connectivity index (χ1v) is 9.78. The molecule has 2 heterocycles. The molecule has 0 aliphatic heterocycles. The number of nitrogens with one attached hydrogen (secondary N) is 1. The van der Waals surface area contributed by atoms with Gasteiger partial charge in [0.15, 0.2) is 5.65 Å². The molecule has 136 valence electrons. The summed E-state index contributed by atoms with van der Waals surface area (Å²) < 4.78 is 29.5. The van der Waals surface area contributed by atoms with Gasteiger partial charge in [-0.2, -0.15) is 9.61 Å². The highest BCUT2D eigenvalue weighted by atomic mass is 32.2. The Kier molecular flexibility index (Phi) is 4.12. The molecule has 0 amide bonds. The summed E-state index contributed by atoms with van der Waals surface area (Å²) >= 11 is 0. The van der Waals surface area contributed by atoms with Gasteiger partial charge in [-0.05, 0) is 49.7 Å². The lowest BCUT2D eigenvalue weighted by Crippen LogP contribution is -2.14. The molecule has 0 unspecified atom stereocenters. The fourth-order valence-corrected chi connectivity index (χ4v) is 4.19. The maximum atomic E-state index is 12.7. The monoisotopic (exact) mass is 379 g/mol. The SMILES string of the molecule is Cc1ccc(S(=O)(=O)Nc2ccc(-c3ccc4nncn4n3)cc2)c(C)c1. The standard InChI is InChI=1S/C19H17N5O2S/c1-13-3-9-18(14(2)11-13)27(25,26)23-16-6-4-15(5-7-16)17-8-10-19-21-20-12-24(19)22-17/h3-12,23H,1-2H3. The molecule has 4 rings (SSSR count). The van der Waals surface area contributed by atoms with Crippen LogP contribution >= 0.6 is 0 Å². The zero-order chi connectivity index (χ0) is 19.0. The number of aryl methyl sites for hydroxylation is 2. The molecule has 0 spiro atoms. The van der Waals surface area contributed by atoms with E-state index < -0.39 is 10.0 Å². The minimum absolute atomic E-state index is 0.275. The summed E-state index contributed by atoms with van der Waals surface area (Å²) in [6.07, 6.45) is 1.53. The number of benzene rings is 2. The van der Waals surface area contributed by atoms with Crippen molar-refractivity contribution in [2.45, 2.75) is 18.7 Å². The molecule has 1 N–H and O–H groups in total. The zero-order valence-corrected chi connectivity index (χ0v) is 15.6. The normalized spacial score (nSPS) is 11.6. The summed E-state index contributed by atoms with van der Waals surface area (Å²) in [5.74, 6) is 0. The van der Waals surface area contributed by atoms with Crippen LogP contribution in [0.4, 0.5) is 5.69 Å². The van der Waals surface area contributed by atoms with Crippen LogP contribution in [0.5, 0.6) is 0 Å². The van der Waals surface area contributed by atoms with Crippen molar-refractivity contribution in [2.24, 2.45) is 0 Å². The first-order valence-electron chi connectivity index (χ1n) is 8.30. The molecule has 2 aromatic heterocycles. The van der Waals surface area contributed by atoms with Crippen molar-refractivity contribution in [1.82, 2.24) is 19.8 Å². The van der Waals surface area contributed by atoms with Crippen LogP contribution in [-0.4, -0.2) is 28.2 Å². The average molecular weight is 379 g/mol. The van der Waals surface area contributed by atoms with Crippen molar-refractivity contribution in [3.63, 3.8) is 0 Å². The summed E-state index contributed by atoms with van der Waals surface area (Å²) in [6.45, 7) is 3.72. The lowest BCUT2D eigenvalue weighted by atomic mass is 10.1. The molecule has 0 fully saturated rings. The van der Waals surface area contributed by atoms with E-state index >= 15 is 0 Å². The van der Waals surface area contributed by atoms with E-state index in [0.717, 1.165) is 16.8 Å². The van der Waals surface area contributed by atoms with E-state index in [-0.39, 0.29) is 4.90 Å². The largest absolute Gasteiger partial charge is 0.280 e. The van der Waals surface area contributed by atoms with Gasteiger partial charge in [0.1, 0.15) is 6.33 Å². The van der Waals surface area contributed by atoms with Gasteiger partial charge in [-0.3, -0.25) is 4.72 Å². The van der Waals surface area contributed by atoms with Crippen LogP contribution in [0.25, 0.3) is 16.9 Å². The highest BCUT2D eigenvalue weighted by molar-refractivity contribution is 7.92. The third-order valence-corrected chi connectivity index (χ3v) is 5.76. The molecular formula is C19H17N5O2S. The predicted octanol–water partition coefficient (Wildman–Crippen LogP) is 3.21. The van der Waals surface area contributed by atoms with Gasteiger partial charge in [0, 0.05) is 11.3 Å². The number of rotatable bonds is 4. The number of hydrogen-bond acceptors (Lipinski definition) is 5. The van der Waals surface area contributed by atoms with E-state index in [4.69, 9.17) is 0 Å². The third kappa shape index (κ3) is 3.39. The van der Waals surface area contributed by atoms with Gasteiger partial charge in [0.05, 0.1) is 10.6 Å². The zero-order valence-electron chi connectivity index (χ0n) is 14.8. The highest BCUT2D eigenvalue weighted by Crippen LogP contribution is 2.23. The van der Waals surface area contributed by atoms with Crippen molar-refractivity contribution in [3.8, 4) is 11.3 Å². The van der Waals surface area contributed by atoms with E-state index in [0.29, 0.717) is 16.9 Å². The molecule has 0 saturated heterocycles. The fraction of sp³-hybridized carbons (Fsp3) is 0.105. The van der Waals surface area contributed by atoms with Crippen molar-refractivity contribution < 1.29 is 8.42 Å². The molecular weight excluding hydrogens is 362 g/mol. The quantitative estimate of drug-likeness (QED) is 0.588. The van der Waals surface area contributed by atoms with Crippen LogP contribution < -0.4 is 4.72 Å². The van der Waals surface area contributed by atoms with E-state index in [1.165, 1.54) is 6.33 Å². The molecule has 0 saturated carbocycles. The van der Waals surface area contributed by atoms with Crippen LogP contribution in [0.15, 0.2) is 65.8 Å². The smallest absolute Gasteiger partial charge is 0.262 e. The summed E-state index contributed by atoms with van der Waals surface area (Å²) in [5, 5.41) is 12.2. The number of nitrogens with zero attached hydrogens (tertiary/aromatic N) is 4. The maximum Gasteiger partial charge on any atom is 0.262 e. The Hall–Kier alpha value is -3.26. The van der Waals surface area contributed by atoms with Gasteiger partial charge in [-0.25, -0.2) is 8.42 Å². The van der Waals surface area contributed by atoms with E-state index in [1.807, 2.05) is 37.3 Å². The van der Waals surface area contributed by atoms with Crippen LogP contribution in [0.1, 0.15) is 11.1 Å². The minimum atomic E-state index is -3.65. The Labute approximate surface area is 156 Å². The Bertz CT molecular complexity index is 1230. The molecule has 4 aromatic rings. The lowest BCUT2D eigenvalue weighted by Gasteiger charge is -2.11. The molecule has 0 atom stereocenters. The van der Waals surface area contributed by atoms with Gasteiger partial charge in [-0.15, -0.1) is 10.2 Å². The Morgan fingerprint density at radius 1 is 0.963 bits per heavy atom. The Morgan fingerprint density at radius 2 is 1.74 bits per heavy atom. The number of anilines is 1. The number of hydrogen-bond donors (Lipinski definition) is 1.